The normalized spacial score (nSPS) is 13.7. The fraction of sp³-hybridized carbons (Fsp3) is 0.692. The van der Waals surface area contributed by atoms with Gasteiger partial charge in [0.05, 0.1) is 7.11 Å². The Bertz CT molecular complexity index is 400. The molecule has 0 spiro atoms. The van der Waals surface area contributed by atoms with Crippen LogP contribution in [0.2, 0.25) is 0 Å². The maximum atomic E-state index is 9.16. The zero-order chi connectivity index (χ0) is 14.3. The fourth-order valence-electron chi connectivity index (χ4n) is 1.81. The first-order chi connectivity index (χ1) is 9.10. The van der Waals surface area contributed by atoms with E-state index in [1.165, 1.54) is 6.33 Å². The minimum absolute atomic E-state index is 0.130. The minimum atomic E-state index is -0.222. The first-order valence-electron chi connectivity index (χ1n) is 6.62. The third kappa shape index (κ3) is 3.96. The molecule has 0 fully saturated rings. The fourth-order valence-corrected chi connectivity index (χ4v) is 1.81. The smallest absolute Gasteiger partial charge is 0.204 e. The Morgan fingerprint density at radius 3 is 2.53 bits per heavy atom. The van der Waals surface area contributed by atoms with E-state index in [0.717, 1.165) is 13.0 Å². The topological polar surface area (TPSA) is 79.3 Å². The molecule has 6 nitrogen and oxygen atoms in total. The highest BCUT2D eigenvalue weighted by Gasteiger charge is 2.24. The molecule has 1 atom stereocenters. The van der Waals surface area contributed by atoms with Crippen LogP contribution in [0.15, 0.2) is 6.33 Å². The maximum absolute atomic E-state index is 9.16. The third-order valence-electron chi connectivity index (χ3n) is 3.22. The molecule has 1 heterocycles. The van der Waals surface area contributed by atoms with E-state index in [1.54, 1.807) is 7.11 Å². The van der Waals surface area contributed by atoms with E-state index in [1.807, 2.05) is 6.92 Å². The summed E-state index contributed by atoms with van der Waals surface area (Å²) in [5.74, 6) is 1.91. The number of methoxy groups -OCH3 is 1. The molecule has 108 valence electrons. The second-order valence-electron chi connectivity index (χ2n) is 4.65. The van der Waals surface area contributed by atoms with E-state index in [0.29, 0.717) is 23.8 Å². The number of aliphatic hydroxyl groups is 1. The quantitative estimate of drug-likeness (QED) is 0.668. The summed E-state index contributed by atoms with van der Waals surface area (Å²) in [6.45, 7) is 7.01. The van der Waals surface area contributed by atoms with Crippen molar-refractivity contribution < 1.29 is 9.84 Å². The molecule has 6 heteroatoms. The molecule has 1 unspecified atom stereocenters. The number of nitrogens with one attached hydrogen (secondary N) is 2. The molecule has 1 aromatic rings. The van der Waals surface area contributed by atoms with E-state index >= 15 is 0 Å². The zero-order valence-corrected chi connectivity index (χ0v) is 12.2. The molecule has 0 aliphatic heterocycles. The second-order valence-corrected chi connectivity index (χ2v) is 4.65. The van der Waals surface area contributed by atoms with Crippen LogP contribution in [-0.4, -0.2) is 40.9 Å². The van der Waals surface area contributed by atoms with Crippen LogP contribution in [0, 0.1) is 0 Å². The number of nitrogens with zero attached hydrogens (tertiary/aromatic N) is 2. The summed E-state index contributed by atoms with van der Waals surface area (Å²) in [4.78, 5) is 8.40. The summed E-state index contributed by atoms with van der Waals surface area (Å²) in [5, 5.41) is 15.6. The SMILES string of the molecule is CCNc1ncnc(NC(C)(CC)CCO)c1OC. The van der Waals surface area contributed by atoms with Crippen molar-refractivity contribution in [2.24, 2.45) is 0 Å². The van der Waals surface area contributed by atoms with Crippen LogP contribution in [0.1, 0.15) is 33.6 Å². The van der Waals surface area contributed by atoms with Crippen LogP contribution in [0.3, 0.4) is 0 Å². The van der Waals surface area contributed by atoms with Crippen molar-refractivity contribution >= 4 is 11.6 Å². The van der Waals surface area contributed by atoms with Gasteiger partial charge in [-0.25, -0.2) is 9.97 Å². The molecule has 1 aromatic heterocycles. The van der Waals surface area contributed by atoms with Gasteiger partial charge < -0.3 is 20.5 Å². The predicted octanol–water partition coefficient (Wildman–Crippen LogP) is 1.88. The molecule has 0 saturated carbocycles. The van der Waals surface area contributed by atoms with Crippen molar-refractivity contribution in [3.05, 3.63) is 6.33 Å². The van der Waals surface area contributed by atoms with E-state index in [2.05, 4.69) is 34.4 Å². The molecule has 0 saturated heterocycles. The van der Waals surface area contributed by atoms with E-state index in [9.17, 15) is 0 Å². The number of hydrogen-bond donors (Lipinski definition) is 3. The van der Waals surface area contributed by atoms with Gasteiger partial charge in [-0.3, -0.25) is 0 Å². The van der Waals surface area contributed by atoms with Crippen LogP contribution in [0.5, 0.6) is 5.75 Å². The van der Waals surface area contributed by atoms with Gasteiger partial charge in [0.1, 0.15) is 6.33 Å². The van der Waals surface area contributed by atoms with Crippen molar-refractivity contribution in [3.8, 4) is 5.75 Å². The van der Waals surface area contributed by atoms with Gasteiger partial charge in [-0.2, -0.15) is 0 Å². The molecular formula is C13H24N4O2. The van der Waals surface area contributed by atoms with Gasteiger partial charge in [0.2, 0.25) is 5.75 Å². The summed E-state index contributed by atoms with van der Waals surface area (Å²) >= 11 is 0. The maximum Gasteiger partial charge on any atom is 0.204 e. The highest BCUT2D eigenvalue weighted by Crippen LogP contribution is 2.32. The molecule has 0 bridgehead atoms. The molecule has 0 aliphatic carbocycles. The number of aliphatic hydroxyl groups excluding tert-OH is 1. The Morgan fingerprint density at radius 1 is 1.32 bits per heavy atom. The van der Waals surface area contributed by atoms with Gasteiger partial charge in [0, 0.05) is 18.7 Å². The lowest BCUT2D eigenvalue weighted by molar-refractivity contribution is 0.251. The summed E-state index contributed by atoms with van der Waals surface area (Å²) in [6, 6.07) is 0. The van der Waals surface area contributed by atoms with Gasteiger partial charge in [0.15, 0.2) is 11.6 Å². The Balaban J connectivity index is 3.02. The molecule has 0 radical (unpaired) electrons. The van der Waals surface area contributed by atoms with Crippen molar-refractivity contribution in [2.45, 2.75) is 39.2 Å². The number of anilines is 2. The van der Waals surface area contributed by atoms with Gasteiger partial charge in [-0.15, -0.1) is 0 Å². The van der Waals surface area contributed by atoms with Crippen LogP contribution in [0.25, 0.3) is 0 Å². The Labute approximate surface area is 114 Å². The Hall–Kier alpha value is -1.56. The monoisotopic (exact) mass is 268 g/mol. The molecule has 3 N–H and O–H groups in total. The summed E-state index contributed by atoms with van der Waals surface area (Å²) in [5.41, 5.74) is -0.222. The van der Waals surface area contributed by atoms with Gasteiger partial charge in [-0.1, -0.05) is 6.92 Å². The van der Waals surface area contributed by atoms with Crippen LogP contribution in [0.4, 0.5) is 11.6 Å². The summed E-state index contributed by atoms with van der Waals surface area (Å²) in [7, 11) is 1.60. The van der Waals surface area contributed by atoms with E-state index in [-0.39, 0.29) is 12.1 Å². The van der Waals surface area contributed by atoms with E-state index in [4.69, 9.17) is 9.84 Å². The zero-order valence-electron chi connectivity index (χ0n) is 12.2. The van der Waals surface area contributed by atoms with E-state index < -0.39 is 0 Å². The number of ether oxygens (including phenoxy) is 1. The number of hydrogen-bond acceptors (Lipinski definition) is 6. The summed E-state index contributed by atoms with van der Waals surface area (Å²) in [6.07, 6.45) is 3.02. The molecule has 0 aromatic carbocycles. The molecular weight excluding hydrogens is 244 g/mol. The van der Waals surface area contributed by atoms with Crippen LogP contribution < -0.4 is 15.4 Å². The van der Waals surface area contributed by atoms with Crippen molar-refractivity contribution in [3.63, 3.8) is 0 Å². The van der Waals surface area contributed by atoms with Gasteiger partial charge >= 0.3 is 0 Å². The lowest BCUT2D eigenvalue weighted by Gasteiger charge is -2.30. The Kier molecular flexibility index (Phi) is 5.82. The standard InChI is InChI=1S/C13H24N4O2/c1-5-13(3,7-8-18)17-12-10(19-4)11(14-6-2)15-9-16-12/h9,18H,5-8H2,1-4H3,(H2,14,15,16,17). The van der Waals surface area contributed by atoms with Crippen LogP contribution in [-0.2, 0) is 0 Å². The molecule has 1 rings (SSSR count). The average Bonchev–Trinajstić information content (AvgIpc) is 2.40. The largest absolute Gasteiger partial charge is 0.490 e. The van der Waals surface area contributed by atoms with Crippen molar-refractivity contribution in [2.75, 3.05) is 30.9 Å². The first-order valence-corrected chi connectivity index (χ1v) is 6.62. The molecule has 0 aliphatic rings. The van der Waals surface area contributed by atoms with Gasteiger partial charge in [0.25, 0.3) is 0 Å². The lowest BCUT2D eigenvalue weighted by atomic mass is 9.95. The number of aromatic nitrogens is 2. The summed E-state index contributed by atoms with van der Waals surface area (Å²) < 4.78 is 5.39. The van der Waals surface area contributed by atoms with Crippen LogP contribution >= 0.6 is 0 Å². The number of rotatable bonds is 8. The predicted molar refractivity (Wildman–Crippen MR) is 76.8 cm³/mol. The minimum Gasteiger partial charge on any atom is -0.490 e. The van der Waals surface area contributed by atoms with Gasteiger partial charge in [-0.05, 0) is 26.7 Å². The third-order valence-corrected chi connectivity index (χ3v) is 3.22. The Morgan fingerprint density at radius 2 is 2.00 bits per heavy atom. The molecule has 0 amide bonds. The van der Waals surface area contributed by atoms with Crippen molar-refractivity contribution in [1.29, 1.82) is 0 Å². The average molecular weight is 268 g/mol. The first kappa shape index (κ1) is 15.5. The molecule has 19 heavy (non-hydrogen) atoms. The lowest BCUT2D eigenvalue weighted by Crippen LogP contribution is -2.35. The highest BCUT2D eigenvalue weighted by molar-refractivity contribution is 5.64. The van der Waals surface area contributed by atoms with Crippen molar-refractivity contribution in [1.82, 2.24) is 9.97 Å². The highest BCUT2D eigenvalue weighted by atomic mass is 16.5. The second kappa shape index (κ2) is 7.13.